The predicted octanol–water partition coefficient (Wildman–Crippen LogP) is 2.84. The largest absolute Gasteiger partial charge is 0.469 e. The fourth-order valence-corrected chi connectivity index (χ4v) is 2.53. The van der Waals surface area contributed by atoms with Crippen LogP contribution in [0, 0.1) is 17.5 Å². The predicted molar refractivity (Wildman–Crippen MR) is 91.3 cm³/mol. The highest BCUT2D eigenvalue weighted by molar-refractivity contribution is 5.94. The summed E-state index contributed by atoms with van der Waals surface area (Å²) >= 11 is 0. The number of rotatable bonds is 10. The molecule has 0 aliphatic rings. The van der Waals surface area contributed by atoms with E-state index in [2.05, 4.69) is 9.64 Å². The Hall–Kier alpha value is -2.09. The van der Waals surface area contributed by atoms with Crippen LogP contribution in [0.25, 0.3) is 0 Å². The van der Waals surface area contributed by atoms with Gasteiger partial charge in [-0.3, -0.25) is 9.59 Å². The van der Waals surface area contributed by atoms with E-state index < -0.39 is 34.9 Å². The Morgan fingerprint density at radius 3 is 2.23 bits per heavy atom. The summed E-state index contributed by atoms with van der Waals surface area (Å²) in [6, 6.07) is 1.62. The van der Waals surface area contributed by atoms with Crippen LogP contribution in [0.3, 0.4) is 0 Å². The highest BCUT2D eigenvalue weighted by Gasteiger charge is 2.24. The summed E-state index contributed by atoms with van der Waals surface area (Å²) in [5.74, 6) is -5.88. The molecule has 0 bridgehead atoms. The van der Waals surface area contributed by atoms with Crippen LogP contribution in [-0.4, -0.2) is 61.5 Å². The van der Waals surface area contributed by atoms with E-state index in [0.29, 0.717) is 12.5 Å². The van der Waals surface area contributed by atoms with Gasteiger partial charge in [0, 0.05) is 13.1 Å². The average molecular weight is 374 g/mol. The maximum atomic E-state index is 13.9. The minimum Gasteiger partial charge on any atom is -0.469 e. The van der Waals surface area contributed by atoms with Gasteiger partial charge in [-0.1, -0.05) is 13.8 Å². The number of amides is 1. The number of methoxy groups -OCH3 is 1. The van der Waals surface area contributed by atoms with E-state index in [0.717, 1.165) is 25.7 Å². The fraction of sp³-hybridized carbons (Fsp3) is 0.556. The monoisotopic (exact) mass is 374 g/mol. The van der Waals surface area contributed by atoms with Gasteiger partial charge in [0.05, 0.1) is 19.1 Å². The molecule has 0 atom stereocenters. The second kappa shape index (κ2) is 10.8. The molecule has 1 amide bonds. The molecular formula is C18H25F3N2O3. The van der Waals surface area contributed by atoms with Crippen molar-refractivity contribution in [3.05, 3.63) is 35.1 Å². The minimum absolute atomic E-state index is 0.00217. The lowest BCUT2D eigenvalue weighted by atomic mass is 10.1. The maximum absolute atomic E-state index is 13.9. The molecule has 1 aromatic rings. The second-order valence-electron chi connectivity index (χ2n) is 5.72. The summed E-state index contributed by atoms with van der Waals surface area (Å²) in [4.78, 5) is 27.4. The number of esters is 1. The molecule has 0 aliphatic heterocycles. The van der Waals surface area contributed by atoms with Crippen molar-refractivity contribution in [2.75, 3.05) is 39.8 Å². The van der Waals surface area contributed by atoms with E-state index in [1.165, 1.54) is 12.0 Å². The van der Waals surface area contributed by atoms with Crippen molar-refractivity contribution in [2.24, 2.45) is 0 Å². The van der Waals surface area contributed by atoms with Gasteiger partial charge < -0.3 is 14.5 Å². The highest BCUT2D eigenvalue weighted by atomic mass is 19.2. The summed E-state index contributed by atoms with van der Waals surface area (Å²) < 4.78 is 45.0. The molecule has 0 N–H and O–H groups in total. The van der Waals surface area contributed by atoms with Gasteiger partial charge in [0.2, 0.25) is 0 Å². The van der Waals surface area contributed by atoms with Crippen LogP contribution in [0.4, 0.5) is 13.2 Å². The zero-order valence-corrected chi connectivity index (χ0v) is 15.4. The number of carbonyl (C=O) groups excluding carboxylic acids is 2. The standard InChI is InChI=1S/C18H25F3N2O3/c1-4-22(5-2)10-6-11-23(12-9-15(24)26-3)18(25)13-7-8-14(19)17(21)16(13)20/h7-8H,4-6,9-12H2,1-3H3. The molecule has 8 heteroatoms. The number of benzene rings is 1. The van der Waals surface area contributed by atoms with Gasteiger partial charge in [0.15, 0.2) is 17.5 Å². The molecule has 0 unspecified atom stereocenters. The van der Waals surface area contributed by atoms with E-state index in [4.69, 9.17) is 0 Å². The van der Waals surface area contributed by atoms with Crippen LogP contribution in [0.15, 0.2) is 12.1 Å². The molecule has 0 fully saturated rings. The lowest BCUT2D eigenvalue weighted by Gasteiger charge is -2.25. The normalized spacial score (nSPS) is 10.9. The number of hydrogen-bond acceptors (Lipinski definition) is 4. The van der Waals surface area contributed by atoms with Crippen molar-refractivity contribution in [3.63, 3.8) is 0 Å². The molecule has 0 heterocycles. The molecular weight excluding hydrogens is 349 g/mol. The third-order valence-corrected chi connectivity index (χ3v) is 4.16. The Bertz CT molecular complexity index is 622. The van der Waals surface area contributed by atoms with Gasteiger partial charge in [0.1, 0.15) is 0 Å². The molecule has 1 rings (SSSR count). The Kier molecular flexibility index (Phi) is 9.12. The van der Waals surface area contributed by atoms with Crippen LogP contribution in [0.1, 0.15) is 37.0 Å². The van der Waals surface area contributed by atoms with Crippen molar-refractivity contribution in [2.45, 2.75) is 26.7 Å². The third-order valence-electron chi connectivity index (χ3n) is 4.16. The van der Waals surface area contributed by atoms with Crippen LogP contribution in [0.5, 0.6) is 0 Å². The first kappa shape index (κ1) is 22.0. The van der Waals surface area contributed by atoms with E-state index in [1.54, 1.807) is 0 Å². The highest BCUT2D eigenvalue weighted by Crippen LogP contribution is 2.17. The van der Waals surface area contributed by atoms with E-state index in [-0.39, 0.29) is 19.5 Å². The third kappa shape index (κ3) is 6.01. The second-order valence-corrected chi connectivity index (χ2v) is 5.72. The topological polar surface area (TPSA) is 49.9 Å². The fourth-order valence-electron chi connectivity index (χ4n) is 2.53. The quantitative estimate of drug-likeness (QED) is 0.467. The number of carbonyl (C=O) groups is 2. The van der Waals surface area contributed by atoms with Gasteiger partial charge in [-0.25, -0.2) is 13.2 Å². The first-order valence-corrected chi connectivity index (χ1v) is 8.57. The zero-order chi connectivity index (χ0) is 19.7. The summed E-state index contributed by atoms with van der Waals surface area (Å²) in [5.41, 5.74) is -0.559. The van der Waals surface area contributed by atoms with Crippen molar-refractivity contribution in [1.29, 1.82) is 0 Å². The van der Waals surface area contributed by atoms with Gasteiger partial charge in [0.25, 0.3) is 5.91 Å². The molecule has 0 saturated carbocycles. The maximum Gasteiger partial charge on any atom is 0.307 e. The molecule has 1 aromatic carbocycles. The van der Waals surface area contributed by atoms with Crippen molar-refractivity contribution in [3.8, 4) is 0 Å². The van der Waals surface area contributed by atoms with Crippen LogP contribution in [0.2, 0.25) is 0 Å². The molecule has 0 saturated heterocycles. The number of nitrogens with zero attached hydrogens (tertiary/aromatic N) is 2. The van der Waals surface area contributed by atoms with E-state index in [9.17, 15) is 22.8 Å². The SMILES string of the molecule is CCN(CC)CCCN(CCC(=O)OC)C(=O)c1ccc(F)c(F)c1F. The molecule has 0 aliphatic carbocycles. The van der Waals surface area contributed by atoms with Crippen molar-refractivity contribution in [1.82, 2.24) is 9.80 Å². The lowest BCUT2D eigenvalue weighted by molar-refractivity contribution is -0.140. The van der Waals surface area contributed by atoms with Gasteiger partial charge in [-0.15, -0.1) is 0 Å². The Balaban J connectivity index is 2.90. The summed E-state index contributed by atoms with van der Waals surface area (Å²) in [6.07, 6.45) is 0.526. The smallest absolute Gasteiger partial charge is 0.307 e. The lowest BCUT2D eigenvalue weighted by Crippen LogP contribution is -2.36. The van der Waals surface area contributed by atoms with Gasteiger partial charge >= 0.3 is 5.97 Å². The Morgan fingerprint density at radius 2 is 1.65 bits per heavy atom. The summed E-state index contributed by atoms with van der Waals surface area (Å²) in [5, 5.41) is 0. The Morgan fingerprint density at radius 1 is 1.00 bits per heavy atom. The minimum atomic E-state index is -1.69. The van der Waals surface area contributed by atoms with Gasteiger partial charge in [-0.05, 0) is 38.2 Å². The summed E-state index contributed by atoms with van der Waals surface area (Å²) in [7, 11) is 1.23. The van der Waals surface area contributed by atoms with Crippen LogP contribution >= 0.6 is 0 Å². The molecule has 5 nitrogen and oxygen atoms in total. The zero-order valence-electron chi connectivity index (χ0n) is 15.4. The summed E-state index contributed by atoms with van der Waals surface area (Å²) in [6.45, 7) is 6.71. The first-order chi connectivity index (χ1) is 12.3. The van der Waals surface area contributed by atoms with Gasteiger partial charge in [-0.2, -0.15) is 0 Å². The number of hydrogen-bond donors (Lipinski definition) is 0. The molecule has 26 heavy (non-hydrogen) atoms. The van der Waals surface area contributed by atoms with Crippen molar-refractivity contribution >= 4 is 11.9 Å². The van der Waals surface area contributed by atoms with E-state index in [1.807, 2.05) is 13.8 Å². The van der Waals surface area contributed by atoms with Crippen LogP contribution in [-0.2, 0) is 9.53 Å². The molecule has 0 radical (unpaired) electrons. The average Bonchev–Trinajstić information content (AvgIpc) is 2.65. The number of ether oxygens (including phenoxy) is 1. The Labute approximate surface area is 151 Å². The molecule has 146 valence electrons. The van der Waals surface area contributed by atoms with Crippen molar-refractivity contribution < 1.29 is 27.5 Å². The number of halogens is 3. The molecule has 0 spiro atoms. The molecule has 0 aromatic heterocycles. The van der Waals surface area contributed by atoms with Crippen LogP contribution < -0.4 is 0 Å². The van der Waals surface area contributed by atoms with E-state index >= 15 is 0 Å². The first-order valence-electron chi connectivity index (χ1n) is 8.57.